The van der Waals surface area contributed by atoms with Gasteiger partial charge >= 0.3 is 10.2 Å². The van der Waals surface area contributed by atoms with Crippen LogP contribution < -0.4 is 4.72 Å². The van der Waals surface area contributed by atoms with Gasteiger partial charge in [0.15, 0.2) is 0 Å². The van der Waals surface area contributed by atoms with Crippen LogP contribution in [0.1, 0.15) is 39.0 Å². The molecule has 1 aliphatic heterocycles. The van der Waals surface area contributed by atoms with Crippen molar-refractivity contribution in [3.8, 4) is 0 Å². The van der Waals surface area contributed by atoms with Crippen molar-refractivity contribution in [2.45, 2.75) is 45.1 Å². The van der Waals surface area contributed by atoms with Gasteiger partial charge in [-0.2, -0.15) is 8.42 Å². The molecule has 0 atom stereocenters. The van der Waals surface area contributed by atoms with E-state index in [9.17, 15) is 8.42 Å². The van der Waals surface area contributed by atoms with Crippen molar-refractivity contribution in [1.82, 2.24) is 9.03 Å². The zero-order chi connectivity index (χ0) is 11.8. The second kappa shape index (κ2) is 4.08. The Balaban J connectivity index is 2.28. The highest BCUT2D eigenvalue weighted by molar-refractivity contribution is 7.88. The van der Waals surface area contributed by atoms with Gasteiger partial charge in [0.25, 0.3) is 0 Å². The molecule has 90 valence electrons. The van der Waals surface area contributed by atoms with E-state index in [1.807, 2.05) is 0 Å². The Morgan fingerprint density at radius 2 is 2.00 bits per heavy atom. The zero-order valence-corrected chi connectivity index (χ0v) is 10.2. The van der Waals surface area contributed by atoms with Crippen molar-refractivity contribution in [2.24, 2.45) is 0 Å². The van der Waals surface area contributed by atoms with Gasteiger partial charge < -0.3 is 0 Å². The summed E-state index contributed by atoms with van der Waals surface area (Å²) in [4.78, 5) is 0. The topological polar surface area (TPSA) is 73.3 Å². The SMILES string of the molecule is CC1=CC(=N)N(C2CCCCC2)S(=O)(=O)N1. The Kier molecular flexibility index (Phi) is 2.92. The quantitative estimate of drug-likeness (QED) is 0.729. The average molecular weight is 243 g/mol. The minimum atomic E-state index is -3.53. The molecule has 1 saturated carbocycles. The van der Waals surface area contributed by atoms with Gasteiger partial charge in [-0.25, -0.2) is 4.31 Å². The molecule has 16 heavy (non-hydrogen) atoms. The van der Waals surface area contributed by atoms with Crippen LogP contribution in [0.4, 0.5) is 0 Å². The first-order valence-electron chi connectivity index (χ1n) is 5.60. The van der Waals surface area contributed by atoms with Gasteiger partial charge in [-0.05, 0) is 19.8 Å². The second-order valence-corrected chi connectivity index (χ2v) is 5.95. The highest BCUT2D eigenvalue weighted by Gasteiger charge is 2.34. The van der Waals surface area contributed by atoms with Gasteiger partial charge in [0.05, 0.1) is 0 Å². The largest absolute Gasteiger partial charge is 0.325 e. The molecule has 0 unspecified atom stereocenters. The molecular weight excluding hydrogens is 226 g/mol. The van der Waals surface area contributed by atoms with Crippen LogP contribution in [-0.4, -0.2) is 24.6 Å². The van der Waals surface area contributed by atoms with Crippen LogP contribution in [0.3, 0.4) is 0 Å². The Labute approximate surface area is 96.2 Å². The third-order valence-corrected chi connectivity index (χ3v) is 4.64. The maximum Gasteiger partial charge on any atom is 0.325 e. The van der Waals surface area contributed by atoms with Crippen LogP contribution in [0.2, 0.25) is 0 Å². The fourth-order valence-electron chi connectivity index (χ4n) is 2.39. The Morgan fingerprint density at radius 3 is 2.56 bits per heavy atom. The van der Waals surface area contributed by atoms with Crippen molar-refractivity contribution in [3.63, 3.8) is 0 Å². The lowest BCUT2D eigenvalue weighted by molar-refractivity contribution is 0.321. The smallest absolute Gasteiger partial charge is 0.284 e. The van der Waals surface area contributed by atoms with E-state index in [0.717, 1.165) is 25.7 Å². The molecule has 6 heteroatoms. The van der Waals surface area contributed by atoms with E-state index in [1.165, 1.54) is 10.7 Å². The maximum absolute atomic E-state index is 11.9. The summed E-state index contributed by atoms with van der Waals surface area (Å²) < 4.78 is 27.6. The van der Waals surface area contributed by atoms with Crippen LogP contribution in [0.5, 0.6) is 0 Å². The predicted octanol–water partition coefficient (Wildman–Crippen LogP) is 1.35. The fraction of sp³-hybridized carbons (Fsp3) is 0.700. The van der Waals surface area contributed by atoms with E-state index in [2.05, 4.69) is 4.72 Å². The third kappa shape index (κ3) is 2.07. The number of hydrogen-bond donors (Lipinski definition) is 2. The van der Waals surface area contributed by atoms with Crippen molar-refractivity contribution >= 4 is 16.0 Å². The molecule has 0 aromatic heterocycles. The van der Waals surface area contributed by atoms with Crippen LogP contribution in [-0.2, 0) is 10.2 Å². The summed E-state index contributed by atoms with van der Waals surface area (Å²) in [7, 11) is -3.53. The van der Waals surface area contributed by atoms with E-state index in [1.54, 1.807) is 13.0 Å². The number of hydrogen-bond acceptors (Lipinski definition) is 3. The van der Waals surface area contributed by atoms with Gasteiger partial charge in [0.2, 0.25) is 0 Å². The Bertz CT molecular complexity index is 421. The zero-order valence-electron chi connectivity index (χ0n) is 9.36. The molecule has 1 aliphatic carbocycles. The molecule has 0 saturated heterocycles. The van der Waals surface area contributed by atoms with Gasteiger partial charge in [-0.3, -0.25) is 10.1 Å². The lowest BCUT2D eigenvalue weighted by Crippen LogP contribution is -2.52. The van der Waals surface area contributed by atoms with Gasteiger partial charge in [0, 0.05) is 17.8 Å². The second-order valence-electron chi connectivity index (χ2n) is 4.41. The predicted molar refractivity (Wildman–Crippen MR) is 62.3 cm³/mol. The van der Waals surface area contributed by atoms with Crippen molar-refractivity contribution in [1.29, 1.82) is 5.41 Å². The molecule has 0 radical (unpaired) electrons. The molecule has 0 spiro atoms. The summed E-state index contributed by atoms with van der Waals surface area (Å²) in [5.41, 5.74) is 0.511. The molecule has 1 heterocycles. The first-order valence-corrected chi connectivity index (χ1v) is 7.04. The minimum absolute atomic E-state index is 0.0388. The number of rotatable bonds is 1. The Hall–Kier alpha value is -1.04. The van der Waals surface area contributed by atoms with E-state index < -0.39 is 10.2 Å². The van der Waals surface area contributed by atoms with E-state index in [4.69, 9.17) is 5.41 Å². The summed E-state index contributed by atoms with van der Waals surface area (Å²) in [6.45, 7) is 1.66. The molecule has 2 aliphatic rings. The summed E-state index contributed by atoms with van der Waals surface area (Å²) in [5.74, 6) is 0.0863. The first-order chi connectivity index (χ1) is 7.50. The molecule has 0 bridgehead atoms. The fourth-order valence-corrected chi connectivity index (χ4v) is 3.87. The number of nitrogens with zero attached hydrogens (tertiary/aromatic N) is 1. The molecule has 0 aromatic rings. The first kappa shape index (κ1) is 11.4. The highest BCUT2D eigenvalue weighted by atomic mass is 32.2. The monoisotopic (exact) mass is 243 g/mol. The van der Waals surface area contributed by atoms with E-state index >= 15 is 0 Å². The lowest BCUT2D eigenvalue weighted by Gasteiger charge is -2.36. The van der Waals surface area contributed by atoms with Crippen LogP contribution >= 0.6 is 0 Å². The summed E-state index contributed by atoms with van der Waals surface area (Å²) in [6.07, 6.45) is 6.54. The molecule has 5 nitrogen and oxygen atoms in total. The minimum Gasteiger partial charge on any atom is -0.284 e. The van der Waals surface area contributed by atoms with E-state index in [0.29, 0.717) is 5.70 Å². The van der Waals surface area contributed by atoms with Gasteiger partial charge in [-0.15, -0.1) is 0 Å². The number of allylic oxidation sites excluding steroid dienone is 1. The highest BCUT2D eigenvalue weighted by Crippen LogP contribution is 2.26. The standard InChI is InChI=1S/C10H17N3O2S/c1-8-7-10(11)13(16(14,15)12-8)9-5-3-2-4-6-9/h7,9,11-12H,2-6H2,1H3. The van der Waals surface area contributed by atoms with Crippen LogP contribution in [0.25, 0.3) is 0 Å². The molecule has 2 rings (SSSR count). The van der Waals surface area contributed by atoms with Gasteiger partial charge in [-0.1, -0.05) is 19.3 Å². The maximum atomic E-state index is 11.9. The Morgan fingerprint density at radius 1 is 1.38 bits per heavy atom. The van der Waals surface area contributed by atoms with Crippen LogP contribution in [0.15, 0.2) is 11.8 Å². The third-order valence-electron chi connectivity index (χ3n) is 3.05. The van der Waals surface area contributed by atoms with E-state index in [-0.39, 0.29) is 11.9 Å². The molecular formula is C10H17N3O2S. The van der Waals surface area contributed by atoms with Crippen molar-refractivity contribution < 1.29 is 8.42 Å². The summed E-state index contributed by atoms with van der Waals surface area (Å²) >= 11 is 0. The lowest BCUT2D eigenvalue weighted by atomic mass is 9.95. The molecule has 2 N–H and O–H groups in total. The molecule has 1 fully saturated rings. The van der Waals surface area contributed by atoms with Crippen molar-refractivity contribution in [2.75, 3.05) is 0 Å². The number of nitrogens with one attached hydrogen (secondary N) is 2. The normalized spacial score (nSPS) is 26.2. The summed E-state index contributed by atoms with van der Waals surface area (Å²) in [6, 6.07) is -0.0388. The van der Waals surface area contributed by atoms with Crippen molar-refractivity contribution in [3.05, 3.63) is 11.8 Å². The number of amidine groups is 1. The van der Waals surface area contributed by atoms with Gasteiger partial charge in [0.1, 0.15) is 5.84 Å². The average Bonchev–Trinajstić information content (AvgIpc) is 2.15. The summed E-state index contributed by atoms with van der Waals surface area (Å²) in [5, 5.41) is 7.80. The molecule has 0 amide bonds. The van der Waals surface area contributed by atoms with Crippen LogP contribution in [0, 0.1) is 5.41 Å². The molecule has 0 aromatic carbocycles.